The molecule has 0 atom stereocenters. The molecule has 0 spiro atoms. The van der Waals surface area contributed by atoms with Crippen molar-refractivity contribution in [1.82, 2.24) is 19.9 Å². The van der Waals surface area contributed by atoms with Crippen LogP contribution in [0.3, 0.4) is 0 Å². The molecule has 5 heteroatoms. The van der Waals surface area contributed by atoms with Gasteiger partial charge in [-0.1, -0.05) is 36.9 Å². The van der Waals surface area contributed by atoms with Crippen molar-refractivity contribution in [3.05, 3.63) is 78.1 Å². The Morgan fingerprint density at radius 2 is 2.04 bits per heavy atom. The summed E-state index contributed by atoms with van der Waals surface area (Å²) in [6.07, 6.45) is 7.42. The van der Waals surface area contributed by atoms with Crippen molar-refractivity contribution < 1.29 is 5.21 Å². The van der Waals surface area contributed by atoms with Gasteiger partial charge in [0.25, 0.3) is 0 Å². The molecule has 0 radical (unpaired) electrons. The molecule has 2 aromatic heterocycles. The third-order valence-electron chi connectivity index (χ3n) is 5.21. The fraction of sp³-hybridized carbons (Fsp3) is 0.227. The summed E-state index contributed by atoms with van der Waals surface area (Å²) < 4.78 is 2.18. The van der Waals surface area contributed by atoms with Gasteiger partial charge in [0.05, 0.1) is 5.70 Å². The lowest BCUT2D eigenvalue weighted by Gasteiger charge is -2.22. The Hall–Kier alpha value is -2.89. The summed E-state index contributed by atoms with van der Waals surface area (Å²) in [6.45, 7) is 6.61. The zero-order chi connectivity index (χ0) is 18.8. The lowest BCUT2D eigenvalue weighted by atomic mass is 9.98. The first-order valence-electron chi connectivity index (χ1n) is 9.16. The summed E-state index contributed by atoms with van der Waals surface area (Å²) in [5.74, 6) is 0. The summed E-state index contributed by atoms with van der Waals surface area (Å²) in [4.78, 5) is 6.97. The Morgan fingerprint density at radius 3 is 2.74 bits per heavy atom. The monoisotopic (exact) mass is 360 g/mol. The van der Waals surface area contributed by atoms with Gasteiger partial charge in [0.15, 0.2) is 0 Å². The van der Waals surface area contributed by atoms with Crippen LogP contribution < -0.4 is 5.48 Å². The zero-order valence-corrected chi connectivity index (χ0v) is 15.5. The number of nitrogens with one attached hydrogen (secondary N) is 1. The Balaban J connectivity index is 1.62. The number of hydroxylamine groups is 1. The second-order valence-corrected chi connectivity index (χ2v) is 7.07. The quantitative estimate of drug-likeness (QED) is 0.681. The molecule has 138 valence electrons. The standard InChI is InChI=1S/C22H24N4O/c1-16(24-27)18-5-3-17(4-6-18)15-26-14-10-21-20(7-11-23-22(21)26)19-8-12-25(2)13-9-19/h3-8,10-11,14,24,27H,1,9,12-13,15H2,2H3. The Labute approximate surface area is 159 Å². The van der Waals surface area contributed by atoms with Gasteiger partial charge in [0.2, 0.25) is 0 Å². The normalized spacial score (nSPS) is 15.0. The molecule has 0 aliphatic carbocycles. The minimum absolute atomic E-state index is 0.491. The topological polar surface area (TPSA) is 53.3 Å². The van der Waals surface area contributed by atoms with E-state index in [0.717, 1.165) is 37.3 Å². The van der Waals surface area contributed by atoms with Gasteiger partial charge in [-0.3, -0.25) is 10.7 Å². The highest BCUT2D eigenvalue weighted by atomic mass is 16.5. The third-order valence-corrected chi connectivity index (χ3v) is 5.21. The van der Waals surface area contributed by atoms with Crippen LogP contribution in [0.2, 0.25) is 0 Å². The number of nitrogens with zero attached hydrogens (tertiary/aromatic N) is 3. The Kier molecular flexibility index (Phi) is 4.79. The molecule has 3 aromatic rings. The van der Waals surface area contributed by atoms with Gasteiger partial charge >= 0.3 is 0 Å². The van der Waals surface area contributed by atoms with Gasteiger partial charge in [-0.15, -0.1) is 0 Å². The summed E-state index contributed by atoms with van der Waals surface area (Å²) in [5, 5.41) is 10.2. The molecule has 27 heavy (non-hydrogen) atoms. The van der Waals surface area contributed by atoms with E-state index < -0.39 is 0 Å². The van der Waals surface area contributed by atoms with Crippen LogP contribution in [0.1, 0.15) is 23.1 Å². The van der Waals surface area contributed by atoms with E-state index in [9.17, 15) is 0 Å². The second-order valence-electron chi connectivity index (χ2n) is 7.07. The van der Waals surface area contributed by atoms with Gasteiger partial charge in [0.1, 0.15) is 5.65 Å². The van der Waals surface area contributed by atoms with Crippen molar-refractivity contribution in [3.8, 4) is 0 Å². The lowest BCUT2D eigenvalue weighted by Crippen LogP contribution is -2.23. The van der Waals surface area contributed by atoms with E-state index >= 15 is 0 Å². The van der Waals surface area contributed by atoms with E-state index in [1.165, 1.54) is 22.1 Å². The van der Waals surface area contributed by atoms with Gasteiger partial charge in [-0.25, -0.2) is 4.98 Å². The first kappa shape index (κ1) is 17.5. The highest BCUT2D eigenvalue weighted by Gasteiger charge is 2.14. The predicted molar refractivity (Wildman–Crippen MR) is 109 cm³/mol. The number of likely N-dealkylation sites (N-methyl/N-ethyl adjacent to an activating group) is 1. The Morgan fingerprint density at radius 1 is 1.22 bits per heavy atom. The maximum Gasteiger partial charge on any atom is 0.140 e. The average molecular weight is 360 g/mol. The fourth-order valence-electron chi connectivity index (χ4n) is 3.59. The molecule has 0 unspecified atom stereocenters. The van der Waals surface area contributed by atoms with Crippen molar-refractivity contribution in [2.45, 2.75) is 13.0 Å². The molecule has 2 N–H and O–H groups in total. The minimum atomic E-state index is 0.491. The number of aromatic nitrogens is 2. The lowest BCUT2D eigenvalue weighted by molar-refractivity contribution is 0.225. The summed E-state index contributed by atoms with van der Waals surface area (Å²) in [7, 11) is 2.16. The van der Waals surface area contributed by atoms with Crippen LogP contribution in [-0.2, 0) is 6.54 Å². The van der Waals surface area contributed by atoms with Gasteiger partial charge in [0, 0.05) is 37.4 Å². The number of rotatable bonds is 5. The third kappa shape index (κ3) is 3.52. The van der Waals surface area contributed by atoms with E-state index in [4.69, 9.17) is 5.21 Å². The first-order chi connectivity index (χ1) is 13.2. The molecule has 1 aliphatic rings. The smallest absolute Gasteiger partial charge is 0.140 e. The number of fused-ring (bicyclic) bond motifs is 1. The van der Waals surface area contributed by atoms with Crippen LogP contribution in [0, 0.1) is 0 Å². The number of benzene rings is 1. The fourth-order valence-corrected chi connectivity index (χ4v) is 3.59. The molecule has 3 heterocycles. The van der Waals surface area contributed by atoms with Crippen LogP contribution >= 0.6 is 0 Å². The van der Waals surface area contributed by atoms with Gasteiger partial charge in [-0.05, 0) is 47.9 Å². The summed E-state index contributed by atoms with van der Waals surface area (Å²) in [5.41, 5.74) is 8.35. The predicted octanol–water partition coefficient (Wildman–Crippen LogP) is 3.75. The zero-order valence-electron chi connectivity index (χ0n) is 15.5. The van der Waals surface area contributed by atoms with E-state index in [1.54, 1.807) is 0 Å². The van der Waals surface area contributed by atoms with E-state index in [-0.39, 0.29) is 0 Å². The number of hydrogen-bond acceptors (Lipinski definition) is 4. The largest absolute Gasteiger partial charge is 0.328 e. The van der Waals surface area contributed by atoms with Crippen LogP contribution in [0.15, 0.2) is 61.4 Å². The average Bonchev–Trinajstić information content (AvgIpc) is 3.11. The van der Waals surface area contributed by atoms with Crippen molar-refractivity contribution in [2.24, 2.45) is 0 Å². The second kappa shape index (κ2) is 7.39. The number of hydrogen-bond donors (Lipinski definition) is 2. The number of pyridine rings is 1. The molecule has 4 rings (SSSR count). The molecule has 0 amide bonds. The molecule has 0 saturated carbocycles. The van der Waals surface area contributed by atoms with Crippen molar-refractivity contribution in [3.63, 3.8) is 0 Å². The first-order valence-corrected chi connectivity index (χ1v) is 9.16. The van der Waals surface area contributed by atoms with Crippen LogP contribution in [-0.4, -0.2) is 39.8 Å². The van der Waals surface area contributed by atoms with Crippen LogP contribution in [0.25, 0.3) is 22.3 Å². The maximum atomic E-state index is 8.96. The molecule has 1 aromatic carbocycles. The molecule has 0 saturated heterocycles. The van der Waals surface area contributed by atoms with E-state index in [1.807, 2.05) is 30.5 Å². The minimum Gasteiger partial charge on any atom is -0.328 e. The van der Waals surface area contributed by atoms with Crippen molar-refractivity contribution >= 4 is 22.3 Å². The SMILES string of the molecule is C=C(NO)c1ccc(Cn2ccc3c(C4=CCN(C)CC4)ccnc32)cc1. The summed E-state index contributed by atoms with van der Waals surface area (Å²) >= 11 is 0. The van der Waals surface area contributed by atoms with Crippen LogP contribution in [0.4, 0.5) is 0 Å². The molecule has 0 bridgehead atoms. The van der Waals surface area contributed by atoms with Crippen molar-refractivity contribution in [1.29, 1.82) is 0 Å². The maximum absolute atomic E-state index is 8.96. The van der Waals surface area contributed by atoms with E-state index in [2.05, 4.69) is 58.0 Å². The molecular weight excluding hydrogens is 336 g/mol. The highest BCUT2D eigenvalue weighted by molar-refractivity contribution is 5.90. The van der Waals surface area contributed by atoms with Gasteiger partial charge < -0.3 is 9.47 Å². The van der Waals surface area contributed by atoms with E-state index in [0.29, 0.717) is 5.70 Å². The van der Waals surface area contributed by atoms with Gasteiger partial charge in [-0.2, -0.15) is 0 Å². The van der Waals surface area contributed by atoms with Crippen molar-refractivity contribution in [2.75, 3.05) is 20.1 Å². The molecule has 5 nitrogen and oxygen atoms in total. The van der Waals surface area contributed by atoms with Crippen LogP contribution in [0.5, 0.6) is 0 Å². The molecule has 0 fully saturated rings. The Bertz CT molecular complexity index is 1000. The molecular formula is C22H24N4O. The summed E-state index contributed by atoms with van der Waals surface area (Å²) in [6, 6.07) is 12.3. The highest BCUT2D eigenvalue weighted by Crippen LogP contribution is 2.29. The molecule has 1 aliphatic heterocycles.